The van der Waals surface area contributed by atoms with Gasteiger partial charge in [-0.2, -0.15) is 0 Å². The molecule has 0 spiro atoms. The summed E-state index contributed by atoms with van der Waals surface area (Å²) in [5.74, 6) is 0. The Balaban J connectivity index is 2.60. The molecule has 17 heavy (non-hydrogen) atoms. The smallest absolute Gasteiger partial charge is 0.0460 e. The van der Waals surface area contributed by atoms with Gasteiger partial charge in [0.15, 0.2) is 0 Å². The van der Waals surface area contributed by atoms with Gasteiger partial charge in [0, 0.05) is 34.1 Å². The molecule has 0 amide bonds. The SMILES string of the molecule is Cc1cc2ccc3c(C)nccc3c2c(C)n1. The molecule has 0 saturated heterocycles. The summed E-state index contributed by atoms with van der Waals surface area (Å²) in [5, 5.41) is 4.97. The Morgan fingerprint density at radius 3 is 2.53 bits per heavy atom. The third kappa shape index (κ3) is 1.48. The lowest BCUT2D eigenvalue weighted by Crippen LogP contribution is -1.91. The van der Waals surface area contributed by atoms with E-state index in [4.69, 9.17) is 0 Å². The van der Waals surface area contributed by atoms with Gasteiger partial charge in [-0.05, 0) is 43.7 Å². The Labute approximate surface area is 100 Å². The second kappa shape index (κ2) is 3.52. The van der Waals surface area contributed by atoms with Crippen LogP contribution in [0.5, 0.6) is 0 Å². The molecule has 0 aliphatic rings. The molecule has 2 nitrogen and oxygen atoms in total. The standard InChI is InChI=1S/C15H14N2/c1-9-8-12-4-5-13-10(2)16-7-6-14(13)15(12)11(3)17-9/h4-8H,1-3H3. The zero-order chi connectivity index (χ0) is 12.0. The van der Waals surface area contributed by atoms with Crippen LogP contribution < -0.4 is 0 Å². The van der Waals surface area contributed by atoms with Crippen LogP contribution in [0.1, 0.15) is 17.1 Å². The largest absolute Gasteiger partial charge is 0.261 e. The number of rotatable bonds is 0. The van der Waals surface area contributed by atoms with E-state index in [1.165, 1.54) is 21.5 Å². The number of hydrogen-bond acceptors (Lipinski definition) is 2. The van der Waals surface area contributed by atoms with Gasteiger partial charge in [-0.15, -0.1) is 0 Å². The number of benzene rings is 1. The number of fused-ring (bicyclic) bond motifs is 3. The first-order valence-electron chi connectivity index (χ1n) is 5.79. The molecule has 0 atom stereocenters. The van der Waals surface area contributed by atoms with Gasteiger partial charge >= 0.3 is 0 Å². The molecule has 2 heterocycles. The summed E-state index contributed by atoms with van der Waals surface area (Å²) in [5.41, 5.74) is 3.24. The van der Waals surface area contributed by atoms with Gasteiger partial charge in [-0.1, -0.05) is 12.1 Å². The summed E-state index contributed by atoms with van der Waals surface area (Å²) >= 11 is 0. The van der Waals surface area contributed by atoms with Crippen molar-refractivity contribution in [3.63, 3.8) is 0 Å². The number of hydrogen-bond donors (Lipinski definition) is 0. The van der Waals surface area contributed by atoms with Crippen LogP contribution in [0.2, 0.25) is 0 Å². The normalized spacial score (nSPS) is 11.2. The molecule has 2 heteroatoms. The average molecular weight is 222 g/mol. The Hall–Kier alpha value is -1.96. The highest BCUT2D eigenvalue weighted by Gasteiger charge is 2.06. The predicted octanol–water partition coefficient (Wildman–Crippen LogP) is 3.71. The van der Waals surface area contributed by atoms with E-state index in [-0.39, 0.29) is 0 Å². The van der Waals surface area contributed by atoms with Gasteiger partial charge in [0.05, 0.1) is 0 Å². The molecule has 3 aromatic rings. The quantitative estimate of drug-likeness (QED) is 0.542. The molecule has 2 aromatic heterocycles. The molecule has 84 valence electrons. The van der Waals surface area contributed by atoms with E-state index in [1.54, 1.807) is 0 Å². The minimum Gasteiger partial charge on any atom is -0.261 e. The van der Waals surface area contributed by atoms with E-state index in [2.05, 4.69) is 41.2 Å². The van der Waals surface area contributed by atoms with Crippen molar-refractivity contribution < 1.29 is 0 Å². The third-order valence-electron chi connectivity index (χ3n) is 3.25. The highest BCUT2D eigenvalue weighted by molar-refractivity contribution is 6.09. The topological polar surface area (TPSA) is 25.8 Å². The molecule has 3 rings (SSSR count). The fourth-order valence-electron chi connectivity index (χ4n) is 2.52. The minimum atomic E-state index is 1.07. The fourth-order valence-corrected chi connectivity index (χ4v) is 2.52. The second-order valence-electron chi connectivity index (χ2n) is 4.50. The Kier molecular flexibility index (Phi) is 2.11. The third-order valence-corrected chi connectivity index (χ3v) is 3.25. The van der Waals surface area contributed by atoms with Gasteiger partial charge in [0.1, 0.15) is 0 Å². The summed E-state index contributed by atoms with van der Waals surface area (Å²) < 4.78 is 0. The van der Waals surface area contributed by atoms with Gasteiger partial charge in [-0.3, -0.25) is 9.97 Å². The summed E-state index contributed by atoms with van der Waals surface area (Å²) in [6, 6.07) is 8.53. The van der Waals surface area contributed by atoms with Crippen molar-refractivity contribution in [2.75, 3.05) is 0 Å². The molecule has 0 bridgehead atoms. The molecule has 0 aliphatic heterocycles. The summed E-state index contributed by atoms with van der Waals surface area (Å²) in [7, 11) is 0. The van der Waals surface area contributed by atoms with E-state index in [9.17, 15) is 0 Å². The molecule has 0 fully saturated rings. The van der Waals surface area contributed by atoms with E-state index in [1.807, 2.05) is 20.0 Å². The van der Waals surface area contributed by atoms with Gasteiger partial charge in [-0.25, -0.2) is 0 Å². The van der Waals surface area contributed by atoms with Gasteiger partial charge in [0.25, 0.3) is 0 Å². The lowest BCUT2D eigenvalue weighted by atomic mass is 10.0. The zero-order valence-electron chi connectivity index (χ0n) is 10.3. The van der Waals surface area contributed by atoms with Gasteiger partial charge < -0.3 is 0 Å². The molecule has 0 aliphatic carbocycles. The van der Waals surface area contributed by atoms with Crippen LogP contribution in [-0.4, -0.2) is 9.97 Å². The first-order chi connectivity index (χ1) is 8.16. The van der Waals surface area contributed by atoms with E-state index >= 15 is 0 Å². The van der Waals surface area contributed by atoms with Crippen molar-refractivity contribution >= 4 is 21.5 Å². The van der Waals surface area contributed by atoms with Crippen LogP contribution >= 0.6 is 0 Å². The van der Waals surface area contributed by atoms with E-state index in [0.29, 0.717) is 0 Å². The van der Waals surface area contributed by atoms with Crippen molar-refractivity contribution in [2.24, 2.45) is 0 Å². The maximum absolute atomic E-state index is 4.56. The molecule has 0 N–H and O–H groups in total. The molecular formula is C15H14N2. The van der Waals surface area contributed by atoms with E-state index < -0.39 is 0 Å². The zero-order valence-corrected chi connectivity index (χ0v) is 10.3. The molecule has 0 radical (unpaired) electrons. The summed E-state index contributed by atoms with van der Waals surface area (Å²) in [4.78, 5) is 8.90. The van der Waals surface area contributed by atoms with Crippen LogP contribution in [0.3, 0.4) is 0 Å². The Morgan fingerprint density at radius 2 is 1.71 bits per heavy atom. The Morgan fingerprint density at radius 1 is 0.882 bits per heavy atom. The number of aryl methyl sites for hydroxylation is 3. The maximum atomic E-state index is 4.56. The van der Waals surface area contributed by atoms with Gasteiger partial charge in [0.2, 0.25) is 0 Å². The highest BCUT2D eigenvalue weighted by atomic mass is 14.7. The maximum Gasteiger partial charge on any atom is 0.0460 e. The summed E-state index contributed by atoms with van der Waals surface area (Å²) in [6.45, 7) is 6.16. The monoisotopic (exact) mass is 222 g/mol. The fraction of sp³-hybridized carbons (Fsp3) is 0.200. The number of pyridine rings is 2. The number of nitrogens with zero attached hydrogens (tertiary/aromatic N) is 2. The van der Waals surface area contributed by atoms with Crippen molar-refractivity contribution in [2.45, 2.75) is 20.8 Å². The van der Waals surface area contributed by atoms with Crippen LogP contribution in [0.4, 0.5) is 0 Å². The van der Waals surface area contributed by atoms with Crippen molar-refractivity contribution in [3.8, 4) is 0 Å². The molecule has 0 saturated carbocycles. The number of aromatic nitrogens is 2. The highest BCUT2D eigenvalue weighted by Crippen LogP contribution is 2.28. The van der Waals surface area contributed by atoms with Crippen molar-refractivity contribution in [3.05, 3.63) is 47.5 Å². The van der Waals surface area contributed by atoms with Crippen LogP contribution in [0.25, 0.3) is 21.5 Å². The second-order valence-corrected chi connectivity index (χ2v) is 4.50. The predicted molar refractivity (Wildman–Crippen MR) is 71.3 cm³/mol. The van der Waals surface area contributed by atoms with Crippen LogP contribution in [0, 0.1) is 20.8 Å². The van der Waals surface area contributed by atoms with Crippen LogP contribution in [-0.2, 0) is 0 Å². The lowest BCUT2D eigenvalue weighted by molar-refractivity contribution is 1.15. The molecule has 0 unspecified atom stereocenters. The minimum absolute atomic E-state index is 1.07. The van der Waals surface area contributed by atoms with Crippen LogP contribution in [0.15, 0.2) is 30.5 Å². The first kappa shape index (κ1) is 10.2. The van der Waals surface area contributed by atoms with Crippen molar-refractivity contribution in [1.29, 1.82) is 0 Å². The summed E-state index contributed by atoms with van der Waals surface area (Å²) in [6.07, 6.45) is 1.87. The molecular weight excluding hydrogens is 208 g/mol. The van der Waals surface area contributed by atoms with E-state index in [0.717, 1.165) is 17.1 Å². The Bertz CT molecular complexity index is 730. The lowest BCUT2D eigenvalue weighted by Gasteiger charge is -2.08. The average Bonchev–Trinajstić information content (AvgIpc) is 2.28. The molecule has 1 aromatic carbocycles. The first-order valence-corrected chi connectivity index (χ1v) is 5.79. The van der Waals surface area contributed by atoms with Crippen molar-refractivity contribution in [1.82, 2.24) is 9.97 Å².